The lowest BCUT2D eigenvalue weighted by Gasteiger charge is -2.15. The van der Waals surface area contributed by atoms with Gasteiger partial charge in [-0.1, -0.05) is 6.92 Å². The zero-order valence-corrected chi connectivity index (χ0v) is 9.60. The molecule has 86 valence electrons. The van der Waals surface area contributed by atoms with Crippen LogP contribution in [0.1, 0.15) is 30.6 Å². The molecule has 0 aromatic heterocycles. The third kappa shape index (κ3) is 2.61. The Hall–Kier alpha value is -1.35. The highest BCUT2D eigenvalue weighted by atomic mass is 16.6. The molecule has 2 rings (SSSR count). The van der Waals surface area contributed by atoms with Crippen LogP contribution in [0.3, 0.4) is 0 Å². The maximum Gasteiger partial charge on any atom is 0.159 e. The Labute approximate surface area is 95.4 Å². The summed E-state index contributed by atoms with van der Waals surface area (Å²) < 4.78 is 11.0. The minimum Gasteiger partial charge on any atom is -0.488 e. The van der Waals surface area contributed by atoms with E-state index in [-0.39, 0.29) is 18.0 Å². The van der Waals surface area contributed by atoms with Gasteiger partial charge in [0.2, 0.25) is 0 Å². The molecule has 1 fully saturated rings. The summed E-state index contributed by atoms with van der Waals surface area (Å²) in [5.74, 6) is 0.872. The van der Waals surface area contributed by atoms with E-state index in [1.807, 2.05) is 12.1 Å². The predicted octanol–water partition coefficient (Wildman–Crippen LogP) is 2.45. The molecule has 1 aromatic rings. The van der Waals surface area contributed by atoms with E-state index in [1.54, 1.807) is 19.1 Å². The van der Waals surface area contributed by atoms with Crippen molar-refractivity contribution in [3.8, 4) is 5.75 Å². The molecule has 3 heteroatoms. The molecule has 0 saturated carbocycles. The van der Waals surface area contributed by atoms with Gasteiger partial charge in [0.1, 0.15) is 18.0 Å². The minimum absolute atomic E-state index is 0.0733. The zero-order valence-electron chi connectivity index (χ0n) is 9.60. The van der Waals surface area contributed by atoms with Crippen molar-refractivity contribution in [1.29, 1.82) is 0 Å². The summed E-state index contributed by atoms with van der Waals surface area (Å²) in [6, 6.07) is 7.25. The van der Waals surface area contributed by atoms with Gasteiger partial charge in [-0.3, -0.25) is 4.79 Å². The quantitative estimate of drug-likeness (QED) is 0.565. The molecule has 3 nitrogen and oxygen atoms in total. The molecule has 0 bridgehead atoms. The number of carbonyl (C=O) groups excluding carboxylic acids is 1. The van der Waals surface area contributed by atoms with Crippen LogP contribution >= 0.6 is 0 Å². The van der Waals surface area contributed by atoms with E-state index in [2.05, 4.69) is 6.92 Å². The van der Waals surface area contributed by atoms with Crippen LogP contribution in [0.25, 0.3) is 0 Å². The van der Waals surface area contributed by atoms with E-state index in [9.17, 15) is 4.79 Å². The third-order valence-electron chi connectivity index (χ3n) is 2.72. The number of hydrogen-bond acceptors (Lipinski definition) is 3. The summed E-state index contributed by atoms with van der Waals surface area (Å²) in [5, 5.41) is 0. The van der Waals surface area contributed by atoms with Gasteiger partial charge in [-0.25, -0.2) is 0 Å². The topological polar surface area (TPSA) is 38.8 Å². The van der Waals surface area contributed by atoms with E-state index >= 15 is 0 Å². The molecule has 0 spiro atoms. The average molecular weight is 220 g/mol. The first-order valence-corrected chi connectivity index (χ1v) is 5.60. The molecule has 1 aliphatic rings. The molecule has 0 aliphatic carbocycles. The van der Waals surface area contributed by atoms with Crippen molar-refractivity contribution in [3.05, 3.63) is 29.8 Å². The number of hydrogen-bond donors (Lipinski definition) is 0. The van der Waals surface area contributed by atoms with Crippen molar-refractivity contribution >= 4 is 5.78 Å². The highest BCUT2D eigenvalue weighted by molar-refractivity contribution is 5.94. The van der Waals surface area contributed by atoms with Gasteiger partial charge in [0.25, 0.3) is 0 Å². The standard InChI is InChI=1S/C13H16O3/c1-3-12(13-8-15-13)16-11-6-4-10(5-7-11)9(2)14/h4-7,12-13H,3,8H2,1-2H3. The van der Waals surface area contributed by atoms with E-state index in [1.165, 1.54) is 0 Å². The monoisotopic (exact) mass is 220 g/mol. The van der Waals surface area contributed by atoms with Gasteiger partial charge in [-0.15, -0.1) is 0 Å². The Bertz CT molecular complexity index is 365. The second kappa shape index (κ2) is 4.66. The Morgan fingerprint density at radius 2 is 2.12 bits per heavy atom. The smallest absolute Gasteiger partial charge is 0.159 e. The Balaban J connectivity index is 2.01. The van der Waals surface area contributed by atoms with Crippen molar-refractivity contribution in [2.75, 3.05) is 6.61 Å². The molecule has 0 radical (unpaired) electrons. The van der Waals surface area contributed by atoms with Crippen LogP contribution in [0, 0.1) is 0 Å². The first-order valence-electron chi connectivity index (χ1n) is 5.60. The molecule has 2 atom stereocenters. The maximum absolute atomic E-state index is 11.1. The second-order valence-electron chi connectivity index (χ2n) is 4.02. The lowest BCUT2D eigenvalue weighted by Crippen LogP contribution is -2.22. The van der Waals surface area contributed by atoms with Gasteiger partial charge in [0.05, 0.1) is 6.61 Å². The molecular formula is C13H16O3. The molecule has 16 heavy (non-hydrogen) atoms. The van der Waals surface area contributed by atoms with Crippen LogP contribution in [0.15, 0.2) is 24.3 Å². The maximum atomic E-state index is 11.1. The number of ketones is 1. The van der Waals surface area contributed by atoms with E-state index in [0.29, 0.717) is 5.56 Å². The van der Waals surface area contributed by atoms with Crippen LogP contribution in [0.2, 0.25) is 0 Å². The SMILES string of the molecule is CCC(Oc1ccc(C(C)=O)cc1)C1CO1. The van der Waals surface area contributed by atoms with Crippen LogP contribution in [0.4, 0.5) is 0 Å². The van der Waals surface area contributed by atoms with Crippen LogP contribution in [0.5, 0.6) is 5.75 Å². The van der Waals surface area contributed by atoms with Crippen LogP contribution in [-0.4, -0.2) is 24.6 Å². The van der Waals surface area contributed by atoms with E-state index < -0.39 is 0 Å². The normalized spacial score (nSPS) is 20.2. The molecule has 0 N–H and O–H groups in total. The van der Waals surface area contributed by atoms with E-state index in [0.717, 1.165) is 18.8 Å². The van der Waals surface area contributed by atoms with Crippen molar-refractivity contribution in [1.82, 2.24) is 0 Å². The van der Waals surface area contributed by atoms with Gasteiger partial charge in [0, 0.05) is 5.56 Å². The first-order chi connectivity index (χ1) is 7.70. The van der Waals surface area contributed by atoms with Gasteiger partial charge < -0.3 is 9.47 Å². The summed E-state index contributed by atoms with van der Waals surface area (Å²) in [6.45, 7) is 4.43. The fourth-order valence-electron chi connectivity index (χ4n) is 1.64. The summed E-state index contributed by atoms with van der Waals surface area (Å²) in [7, 11) is 0. The number of epoxide rings is 1. The molecule has 1 saturated heterocycles. The Kier molecular flexibility index (Phi) is 3.25. The predicted molar refractivity (Wildman–Crippen MR) is 60.9 cm³/mol. The van der Waals surface area contributed by atoms with Crippen LogP contribution in [-0.2, 0) is 4.74 Å². The lowest BCUT2D eigenvalue weighted by molar-refractivity contribution is 0.101. The first kappa shape index (κ1) is 11.1. The Morgan fingerprint density at radius 1 is 1.50 bits per heavy atom. The van der Waals surface area contributed by atoms with Crippen molar-refractivity contribution in [3.63, 3.8) is 0 Å². The van der Waals surface area contributed by atoms with Crippen molar-refractivity contribution in [2.24, 2.45) is 0 Å². The van der Waals surface area contributed by atoms with E-state index in [4.69, 9.17) is 9.47 Å². The number of ether oxygens (including phenoxy) is 2. The summed E-state index contributed by atoms with van der Waals surface area (Å²) in [6.07, 6.45) is 1.31. The minimum atomic E-state index is 0.0733. The molecule has 1 heterocycles. The van der Waals surface area contributed by atoms with Gasteiger partial charge in [-0.05, 0) is 37.6 Å². The summed E-state index contributed by atoms with van der Waals surface area (Å²) in [4.78, 5) is 11.1. The molecule has 2 unspecified atom stereocenters. The second-order valence-corrected chi connectivity index (χ2v) is 4.02. The number of benzene rings is 1. The highest BCUT2D eigenvalue weighted by Gasteiger charge is 2.33. The van der Waals surface area contributed by atoms with Crippen LogP contribution < -0.4 is 4.74 Å². The van der Waals surface area contributed by atoms with Gasteiger partial charge in [-0.2, -0.15) is 0 Å². The highest BCUT2D eigenvalue weighted by Crippen LogP contribution is 2.23. The van der Waals surface area contributed by atoms with Crippen molar-refractivity contribution < 1.29 is 14.3 Å². The third-order valence-corrected chi connectivity index (χ3v) is 2.72. The Morgan fingerprint density at radius 3 is 2.56 bits per heavy atom. The fraction of sp³-hybridized carbons (Fsp3) is 0.462. The van der Waals surface area contributed by atoms with Crippen molar-refractivity contribution in [2.45, 2.75) is 32.5 Å². The largest absolute Gasteiger partial charge is 0.488 e. The molecule has 1 aromatic carbocycles. The summed E-state index contributed by atoms with van der Waals surface area (Å²) >= 11 is 0. The number of carbonyl (C=O) groups is 1. The van der Waals surface area contributed by atoms with Gasteiger partial charge in [0.15, 0.2) is 5.78 Å². The number of Topliss-reactive ketones (excluding diaryl/α,β-unsaturated/α-hetero) is 1. The van der Waals surface area contributed by atoms with Gasteiger partial charge >= 0.3 is 0 Å². The molecule has 0 amide bonds. The fourth-order valence-corrected chi connectivity index (χ4v) is 1.64. The zero-order chi connectivity index (χ0) is 11.5. The molecule has 1 aliphatic heterocycles. The molecular weight excluding hydrogens is 204 g/mol. The lowest BCUT2D eigenvalue weighted by atomic mass is 10.1. The number of rotatable bonds is 5. The summed E-state index contributed by atoms with van der Waals surface area (Å²) in [5.41, 5.74) is 0.711. The average Bonchev–Trinajstić information content (AvgIpc) is 3.10.